The molecule has 0 aromatic heterocycles. The fourth-order valence-corrected chi connectivity index (χ4v) is 6.62. The van der Waals surface area contributed by atoms with E-state index in [1.165, 1.54) is 17.0 Å². The molecule has 1 heterocycles. The zero-order valence-corrected chi connectivity index (χ0v) is 26.3. The molecule has 0 saturated carbocycles. The third-order valence-electron chi connectivity index (χ3n) is 7.31. The van der Waals surface area contributed by atoms with Crippen molar-refractivity contribution in [2.75, 3.05) is 30.6 Å². The SMILES string of the molecule is CCNC(=O)C(Cc1ccccc1)N(Cc1ccc(Cl)cc1)C(=O)CN(c1ccc2c(c1)OCCO2)S(=O)(=O)c1ccccc1. The van der Waals surface area contributed by atoms with Crippen LogP contribution in [-0.2, 0) is 32.6 Å². The summed E-state index contributed by atoms with van der Waals surface area (Å²) in [6, 6.07) is 28.1. The van der Waals surface area contributed by atoms with Gasteiger partial charge in [-0.05, 0) is 54.4 Å². The van der Waals surface area contributed by atoms with Crippen LogP contribution in [0.15, 0.2) is 108 Å². The van der Waals surface area contributed by atoms with E-state index in [4.69, 9.17) is 21.1 Å². The smallest absolute Gasteiger partial charge is 0.264 e. The number of likely N-dealkylation sites (N-methyl/N-ethyl adjacent to an activating group) is 1. The normalized spacial score (nSPS) is 13.0. The molecule has 5 rings (SSSR count). The molecule has 0 fully saturated rings. The van der Waals surface area contributed by atoms with E-state index in [-0.39, 0.29) is 29.5 Å². The number of halogens is 1. The van der Waals surface area contributed by atoms with Gasteiger partial charge >= 0.3 is 0 Å². The largest absolute Gasteiger partial charge is 0.486 e. The number of amides is 2. The van der Waals surface area contributed by atoms with Gasteiger partial charge in [0, 0.05) is 30.6 Å². The summed E-state index contributed by atoms with van der Waals surface area (Å²) >= 11 is 6.13. The first-order valence-electron chi connectivity index (χ1n) is 14.6. The van der Waals surface area contributed by atoms with Crippen molar-refractivity contribution in [3.63, 3.8) is 0 Å². The van der Waals surface area contributed by atoms with Gasteiger partial charge in [0.05, 0.1) is 10.6 Å². The molecular formula is C34H34ClN3O6S. The highest BCUT2D eigenvalue weighted by Crippen LogP contribution is 2.36. The fraction of sp³-hybridized carbons (Fsp3) is 0.235. The Morgan fingerprint density at radius 3 is 2.16 bits per heavy atom. The third-order valence-corrected chi connectivity index (χ3v) is 9.35. The number of hydrogen-bond donors (Lipinski definition) is 1. The minimum Gasteiger partial charge on any atom is -0.486 e. The number of fused-ring (bicyclic) bond motifs is 1. The van der Waals surface area contributed by atoms with Crippen LogP contribution in [0.25, 0.3) is 0 Å². The number of rotatable bonds is 12. The van der Waals surface area contributed by atoms with Crippen molar-refractivity contribution in [3.8, 4) is 11.5 Å². The Labute approximate surface area is 268 Å². The number of carbonyl (C=O) groups is 2. The summed E-state index contributed by atoms with van der Waals surface area (Å²) in [6.07, 6.45) is 0.224. The maximum Gasteiger partial charge on any atom is 0.264 e. The second-order valence-corrected chi connectivity index (χ2v) is 12.7. The zero-order chi connectivity index (χ0) is 31.8. The molecule has 0 spiro atoms. The van der Waals surface area contributed by atoms with E-state index >= 15 is 0 Å². The maximum absolute atomic E-state index is 14.5. The molecule has 11 heteroatoms. The molecule has 4 aromatic carbocycles. The zero-order valence-electron chi connectivity index (χ0n) is 24.8. The summed E-state index contributed by atoms with van der Waals surface area (Å²) in [5.41, 5.74) is 1.80. The molecule has 1 unspecified atom stereocenters. The van der Waals surface area contributed by atoms with Gasteiger partial charge in [-0.1, -0.05) is 72.3 Å². The lowest BCUT2D eigenvalue weighted by Crippen LogP contribution is -2.53. The van der Waals surface area contributed by atoms with E-state index in [0.717, 1.165) is 15.4 Å². The van der Waals surface area contributed by atoms with Crippen LogP contribution in [0.1, 0.15) is 18.1 Å². The van der Waals surface area contributed by atoms with E-state index in [2.05, 4.69) is 5.32 Å². The molecular weight excluding hydrogens is 614 g/mol. The van der Waals surface area contributed by atoms with E-state index in [1.807, 2.05) is 30.3 Å². The third kappa shape index (κ3) is 7.76. The van der Waals surface area contributed by atoms with Crippen molar-refractivity contribution in [3.05, 3.63) is 119 Å². The van der Waals surface area contributed by atoms with E-state index in [9.17, 15) is 18.0 Å². The summed E-state index contributed by atoms with van der Waals surface area (Å²) in [4.78, 5) is 29.5. The molecule has 2 amide bonds. The first-order valence-corrected chi connectivity index (χ1v) is 16.4. The van der Waals surface area contributed by atoms with Crippen LogP contribution in [0.5, 0.6) is 11.5 Å². The summed E-state index contributed by atoms with van der Waals surface area (Å²) in [5, 5.41) is 3.38. The Hall–Kier alpha value is -4.54. The predicted molar refractivity (Wildman–Crippen MR) is 173 cm³/mol. The van der Waals surface area contributed by atoms with Gasteiger partial charge in [0.15, 0.2) is 11.5 Å². The molecule has 1 aliphatic heterocycles. The average Bonchev–Trinajstić information content (AvgIpc) is 3.06. The Morgan fingerprint density at radius 2 is 1.49 bits per heavy atom. The Balaban J connectivity index is 1.57. The van der Waals surface area contributed by atoms with Crippen LogP contribution >= 0.6 is 11.6 Å². The number of nitrogens with zero attached hydrogens (tertiary/aromatic N) is 2. The lowest BCUT2D eigenvalue weighted by Gasteiger charge is -2.34. The Kier molecular flexibility index (Phi) is 10.3. The van der Waals surface area contributed by atoms with Crippen molar-refractivity contribution >= 4 is 39.1 Å². The Morgan fingerprint density at radius 1 is 0.844 bits per heavy atom. The number of ether oxygens (including phenoxy) is 2. The molecule has 234 valence electrons. The summed E-state index contributed by atoms with van der Waals surface area (Å²) in [5.74, 6) is -0.0503. The van der Waals surface area contributed by atoms with Crippen molar-refractivity contribution in [1.29, 1.82) is 0 Å². The van der Waals surface area contributed by atoms with Crippen LogP contribution in [0.3, 0.4) is 0 Å². The van der Waals surface area contributed by atoms with Crippen LogP contribution in [0, 0.1) is 0 Å². The van der Waals surface area contributed by atoms with Gasteiger partial charge in [-0.3, -0.25) is 13.9 Å². The highest BCUT2D eigenvalue weighted by molar-refractivity contribution is 7.92. The topological polar surface area (TPSA) is 105 Å². The van der Waals surface area contributed by atoms with Crippen LogP contribution < -0.4 is 19.1 Å². The van der Waals surface area contributed by atoms with Gasteiger partial charge in [0.1, 0.15) is 25.8 Å². The first kappa shape index (κ1) is 31.9. The maximum atomic E-state index is 14.5. The van der Waals surface area contributed by atoms with Crippen LogP contribution in [-0.4, -0.2) is 57.5 Å². The lowest BCUT2D eigenvalue weighted by molar-refractivity contribution is -0.140. The van der Waals surface area contributed by atoms with Crippen molar-refractivity contribution in [1.82, 2.24) is 10.2 Å². The molecule has 0 bridgehead atoms. The number of carbonyl (C=O) groups excluding carboxylic acids is 2. The van der Waals surface area contributed by atoms with Crippen LogP contribution in [0.2, 0.25) is 5.02 Å². The van der Waals surface area contributed by atoms with Crippen molar-refractivity contribution in [2.45, 2.75) is 30.8 Å². The van der Waals surface area contributed by atoms with E-state index in [1.54, 1.807) is 67.6 Å². The molecule has 1 aliphatic rings. The number of benzene rings is 4. The monoisotopic (exact) mass is 647 g/mol. The predicted octanol–water partition coefficient (Wildman–Crippen LogP) is 5.08. The number of hydrogen-bond acceptors (Lipinski definition) is 6. The standard InChI is InChI=1S/C34H34ClN3O6S/c1-2-36-34(40)30(21-25-9-5-3-6-10-25)37(23-26-13-15-27(35)16-14-26)33(39)24-38(45(41,42)29-11-7-4-8-12-29)28-17-18-31-32(22-28)44-20-19-43-31/h3-18,22,30H,2,19-21,23-24H2,1H3,(H,36,40). The van der Waals surface area contributed by atoms with E-state index < -0.39 is 28.5 Å². The fourth-order valence-electron chi connectivity index (χ4n) is 5.07. The van der Waals surface area contributed by atoms with Gasteiger partial charge in [0.25, 0.3) is 10.0 Å². The highest BCUT2D eigenvalue weighted by atomic mass is 35.5. The van der Waals surface area contributed by atoms with Gasteiger partial charge in [-0.15, -0.1) is 0 Å². The van der Waals surface area contributed by atoms with Gasteiger partial charge in [-0.2, -0.15) is 0 Å². The minimum absolute atomic E-state index is 0.0153. The molecule has 4 aromatic rings. The average molecular weight is 648 g/mol. The lowest BCUT2D eigenvalue weighted by atomic mass is 10.0. The molecule has 1 N–H and O–H groups in total. The van der Waals surface area contributed by atoms with Crippen molar-refractivity contribution in [2.24, 2.45) is 0 Å². The molecule has 1 atom stereocenters. The molecule has 45 heavy (non-hydrogen) atoms. The second-order valence-electron chi connectivity index (χ2n) is 10.4. The highest BCUT2D eigenvalue weighted by Gasteiger charge is 2.35. The summed E-state index contributed by atoms with van der Waals surface area (Å²) in [7, 11) is -4.23. The van der Waals surface area contributed by atoms with Gasteiger partial charge < -0.3 is 19.7 Å². The summed E-state index contributed by atoms with van der Waals surface area (Å²) in [6.45, 7) is 2.32. The van der Waals surface area contributed by atoms with Gasteiger partial charge in [0.2, 0.25) is 11.8 Å². The number of sulfonamides is 1. The van der Waals surface area contributed by atoms with Crippen LogP contribution in [0.4, 0.5) is 5.69 Å². The molecule has 9 nitrogen and oxygen atoms in total. The van der Waals surface area contributed by atoms with E-state index in [0.29, 0.717) is 36.3 Å². The number of nitrogens with one attached hydrogen (secondary N) is 1. The Bertz CT molecular complexity index is 1720. The molecule has 0 radical (unpaired) electrons. The minimum atomic E-state index is -4.23. The van der Waals surface area contributed by atoms with Gasteiger partial charge in [-0.25, -0.2) is 8.42 Å². The summed E-state index contributed by atoms with van der Waals surface area (Å²) < 4.78 is 40.7. The first-order chi connectivity index (χ1) is 21.8. The quantitative estimate of drug-likeness (QED) is 0.230. The molecule has 0 saturated heterocycles. The molecule has 0 aliphatic carbocycles. The number of anilines is 1. The second kappa shape index (κ2) is 14.5. The van der Waals surface area contributed by atoms with Crippen molar-refractivity contribution < 1.29 is 27.5 Å².